The van der Waals surface area contributed by atoms with Crippen LogP contribution in [0.4, 0.5) is 0 Å². The monoisotopic (exact) mass is 488 g/mol. The number of rotatable bonds is 6. The molecule has 0 aliphatic carbocycles. The van der Waals surface area contributed by atoms with Gasteiger partial charge in [0.15, 0.2) is 5.96 Å². The van der Waals surface area contributed by atoms with Crippen LogP contribution in [-0.4, -0.2) is 17.5 Å². The van der Waals surface area contributed by atoms with E-state index in [9.17, 15) is 0 Å². The number of aliphatic imine (C=N–C) groups is 1. The third-order valence-corrected chi connectivity index (χ3v) is 5.29. The lowest BCUT2D eigenvalue weighted by atomic mass is 10.3. The smallest absolute Gasteiger partial charge is 0.236 e. The second-order valence-corrected chi connectivity index (χ2v) is 7.15. The zero-order chi connectivity index (χ0) is 16.8. The highest BCUT2D eigenvalue weighted by Crippen LogP contribution is 2.23. The minimum absolute atomic E-state index is 0. The van der Waals surface area contributed by atoms with E-state index in [0.29, 0.717) is 12.4 Å². The summed E-state index contributed by atoms with van der Waals surface area (Å²) in [6.07, 6.45) is 1.67. The second-order valence-electron chi connectivity index (χ2n) is 5.20. The number of nitrogens with zero attached hydrogens (tertiary/aromatic N) is 2. The van der Waals surface area contributed by atoms with Gasteiger partial charge in [0.2, 0.25) is 5.89 Å². The number of oxazole rings is 1. The van der Waals surface area contributed by atoms with Crippen molar-refractivity contribution in [2.45, 2.75) is 26.9 Å². The summed E-state index contributed by atoms with van der Waals surface area (Å²) in [5.74, 6) is 1.44. The van der Waals surface area contributed by atoms with Gasteiger partial charge in [-0.1, -0.05) is 6.07 Å². The molecule has 2 N–H and O–H groups in total. The van der Waals surface area contributed by atoms with Gasteiger partial charge in [-0.25, -0.2) is 9.98 Å². The summed E-state index contributed by atoms with van der Waals surface area (Å²) >= 11 is 3.37. The molecule has 0 saturated carbocycles. The number of aryl methyl sites for hydroxylation is 1. The van der Waals surface area contributed by atoms with Crippen LogP contribution in [0.3, 0.4) is 0 Å². The molecule has 0 amide bonds. The van der Waals surface area contributed by atoms with Crippen molar-refractivity contribution >= 4 is 52.6 Å². The van der Waals surface area contributed by atoms with Crippen LogP contribution in [0.15, 0.2) is 44.6 Å². The van der Waals surface area contributed by atoms with Crippen molar-refractivity contribution < 1.29 is 4.42 Å². The van der Waals surface area contributed by atoms with Crippen molar-refractivity contribution in [3.8, 4) is 10.8 Å². The SMILES string of the molecule is CCNC(=NCc1coc(-c2cccs2)n1)NCc1sccc1C.I. The average molecular weight is 488 g/mol. The highest BCUT2D eigenvalue weighted by Gasteiger charge is 2.08. The van der Waals surface area contributed by atoms with Gasteiger partial charge in [0.05, 0.1) is 18.0 Å². The minimum Gasteiger partial charge on any atom is -0.443 e. The Balaban J connectivity index is 0.00000225. The second kappa shape index (κ2) is 9.93. The predicted molar refractivity (Wildman–Crippen MR) is 116 cm³/mol. The van der Waals surface area contributed by atoms with Crippen LogP contribution in [-0.2, 0) is 13.1 Å². The van der Waals surface area contributed by atoms with Crippen LogP contribution in [0.1, 0.15) is 23.1 Å². The summed E-state index contributed by atoms with van der Waals surface area (Å²) in [5.41, 5.74) is 2.13. The maximum Gasteiger partial charge on any atom is 0.236 e. The van der Waals surface area contributed by atoms with E-state index in [-0.39, 0.29) is 24.0 Å². The topological polar surface area (TPSA) is 62.5 Å². The van der Waals surface area contributed by atoms with Gasteiger partial charge in [-0.3, -0.25) is 0 Å². The molecule has 3 heterocycles. The molecule has 3 aromatic heterocycles. The van der Waals surface area contributed by atoms with Crippen molar-refractivity contribution in [1.29, 1.82) is 0 Å². The van der Waals surface area contributed by atoms with Gasteiger partial charge in [0, 0.05) is 11.4 Å². The molecule has 3 rings (SSSR count). The maximum atomic E-state index is 5.53. The molecule has 0 aliphatic rings. The Kier molecular flexibility index (Phi) is 7.91. The normalized spacial score (nSPS) is 11.2. The lowest BCUT2D eigenvalue weighted by Crippen LogP contribution is -2.36. The van der Waals surface area contributed by atoms with Crippen LogP contribution in [0.25, 0.3) is 10.8 Å². The third kappa shape index (κ3) is 5.55. The van der Waals surface area contributed by atoms with Gasteiger partial charge < -0.3 is 15.1 Å². The predicted octanol–water partition coefficient (Wildman–Crippen LogP) is 4.65. The Morgan fingerprint density at radius 2 is 2.12 bits per heavy atom. The molecule has 0 bridgehead atoms. The molecule has 0 aliphatic heterocycles. The fraction of sp³-hybridized carbons (Fsp3) is 0.294. The highest BCUT2D eigenvalue weighted by molar-refractivity contribution is 14.0. The van der Waals surface area contributed by atoms with Crippen LogP contribution in [0, 0.1) is 6.92 Å². The molecule has 0 fully saturated rings. The van der Waals surface area contributed by atoms with Gasteiger partial charge in [0.25, 0.3) is 0 Å². The number of guanidine groups is 1. The number of thiophene rings is 2. The lowest BCUT2D eigenvalue weighted by Gasteiger charge is -2.10. The molecule has 8 heteroatoms. The molecular formula is C17H21IN4OS2. The van der Waals surface area contributed by atoms with Crippen molar-refractivity contribution in [1.82, 2.24) is 15.6 Å². The molecular weight excluding hydrogens is 467 g/mol. The van der Waals surface area contributed by atoms with Crippen molar-refractivity contribution in [2.75, 3.05) is 6.54 Å². The highest BCUT2D eigenvalue weighted by atomic mass is 127. The first-order valence-corrected chi connectivity index (χ1v) is 9.55. The third-order valence-electron chi connectivity index (χ3n) is 3.41. The van der Waals surface area contributed by atoms with Gasteiger partial charge in [-0.05, 0) is 42.3 Å². The maximum absolute atomic E-state index is 5.53. The largest absolute Gasteiger partial charge is 0.443 e. The number of hydrogen-bond donors (Lipinski definition) is 2. The van der Waals surface area contributed by atoms with Gasteiger partial charge in [-0.15, -0.1) is 46.7 Å². The molecule has 3 aromatic rings. The van der Waals surface area contributed by atoms with Crippen LogP contribution in [0.5, 0.6) is 0 Å². The lowest BCUT2D eigenvalue weighted by molar-refractivity contribution is 0.574. The average Bonchev–Trinajstić information content (AvgIpc) is 3.31. The van der Waals surface area contributed by atoms with E-state index >= 15 is 0 Å². The van der Waals surface area contributed by atoms with E-state index in [1.54, 1.807) is 28.9 Å². The van der Waals surface area contributed by atoms with Crippen molar-refractivity contribution in [3.05, 3.63) is 51.4 Å². The van der Waals surface area contributed by atoms with Crippen LogP contribution >= 0.6 is 46.7 Å². The molecule has 0 aromatic carbocycles. The molecule has 0 spiro atoms. The zero-order valence-electron chi connectivity index (χ0n) is 14.1. The number of hydrogen-bond acceptors (Lipinski definition) is 5. The number of aromatic nitrogens is 1. The Labute approximate surface area is 172 Å². The van der Waals surface area contributed by atoms with E-state index in [1.165, 1.54) is 10.4 Å². The summed E-state index contributed by atoms with van der Waals surface area (Å²) in [6, 6.07) is 6.12. The van der Waals surface area contributed by atoms with E-state index in [0.717, 1.165) is 29.6 Å². The molecule has 0 unspecified atom stereocenters. The summed E-state index contributed by atoms with van der Waals surface area (Å²) in [7, 11) is 0. The molecule has 134 valence electrons. The fourth-order valence-corrected chi connectivity index (χ4v) is 3.65. The zero-order valence-corrected chi connectivity index (χ0v) is 18.1. The van der Waals surface area contributed by atoms with E-state index < -0.39 is 0 Å². The van der Waals surface area contributed by atoms with Gasteiger partial charge in [0.1, 0.15) is 12.0 Å². The van der Waals surface area contributed by atoms with Crippen LogP contribution < -0.4 is 10.6 Å². The standard InChI is InChI=1S/C17H20N4OS2.HI/c1-3-18-17(20-10-15-12(2)6-8-24-15)19-9-13-11-22-16(21-13)14-5-4-7-23-14;/h4-8,11H,3,9-10H2,1-2H3,(H2,18,19,20);1H. The Hall–Kier alpha value is -1.39. The van der Waals surface area contributed by atoms with E-state index in [1.807, 2.05) is 17.5 Å². The summed E-state index contributed by atoms with van der Waals surface area (Å²) in [4.78, 5) is 11.4. The Bertz CT molecular complexity index is 795. The summed E-state index contributed by atoms with van der Waals surface area (Å²) in [6.45, 7) is 6.24. The van der Waals surface area contributed by atoms with E-state index in [2.05, 4.69) is 45.9 Å². The number of halogens is 1. The fourth-order valence-electron chi connectivity index (χ4n) is 2.14. The Morgan fingerprint density at radius 1 is 1.24 bits per heavy atom. The molecule has 0 radical (unpaired) electrons. The van der Waals surface area contributed by atoms with Gasteiger partial charge in [-0.2, -0.15) is 0 Å². The Morgan fingerprint density at radius 3 is 2.80 bits per heavy atom. The minimum atomic E-state index is 0. The quantitative estimate of drug-likeness (QED) is 0.301. The van der Waals surface area contributed by atoms with Gasteiger partial charge >= 0.3 is 0 Å². The first kappa shape index (κ1) is 19.9. The molecule has 0 saturated heterocycles. The number of nitrogens with one attached hydrogen (secondary N) is 2. The van der Waals surface area contributed by atoms with E-state index in [4.69, 9.17) is 4.42 Å². The molecule has 5 nitrogen and oxygen atoms in total. The molecule has 25 heavy (non-hydrogen) atoms. The van der Waals surface area contributed by atoms with Crippen LogP contribution in [0.2, 0.25) is 0 Å². The van der Waals surface area contributed by atoms with Crippen molar-refractivity contribution in [2.24, 2.45) is 4.99 Å². The first-order valence-electron chi connectivity index (χ1n) is 7.79. The summed E-state index contributed by atoms with van der Waals surface area (Å²) < 4.78 is 5.53. The molecule has 0 atom stereocenters. The first-order chi connectivity index (χ1) is 11.8. The van der Waals surface area contributed by atoms with Crippen molar-refractivity contribution in [3.63, 3.8) is 0 Å². The summed E-state index contributed by atoms with van der Waals surface area (Å²) in [5, 5.41) is 10.7.